The van der Waals surface area contributed by atoms with Gasteiger partial charge in [-0.05, 0) is 71.4 Å². The maximum atomic E-state index is 11.0. The van der Waals surface area contributed by atoms with Crippen molar-refractivity contribution in [3.05, 3.63) is 96.1 Å². The second kappa shape index (κ2) is 7.97. The summed E-state index contributed by atoms with van der Waals surface area (Å²) in [5.41, 5.74) is 0.326. The summed E-state index contributed by atoms with van der Waals surface area (Å²) in [4.78, 5) is 22.1. The maximum Gasteiger partial charge on any atom is 0.335 e. The summed E-state index contributed by atoms with van der Waals surface area (Å²) in [6.07, 6.45) is 0. The van der Waals surface area contributed by atoms with E-state index in [-0.39, 0.29) is 11.1 Å². The van der Waals surface area contributed by atoms with Crippen LogP contribution in [0.25, 0.3) is 10.8 Å². The molecule has 0 aromatic heterocycles. The summed E-state index contributed by atoms with van der Waals surface area (Å²) in [6, 6.07) is 23.5. The van der Waals surface area contributed by atoms with Crippen molar-refractivity contribution in [1.82, 2.24) is 0 Å². The molecule has 0 fully saturated rings. The summed E-state index contributed by atoms with van der Waals surface area (Å²) in [7, 11) is 0. The lowest BCUT2D eigenvalue weighted by molar-refractivity contribution is 0.0686. The third-order valence-electron chi connectivity index (χ3n) is 4.47. The van der Waals surface area contributed by atoms with Crippen LogP contribution in [0.3, 0.4) is 0 Å². The van der Waals surface area contributed by atoms with Crippen LogP contribution in [-0.2, 0) is 0 Å². The molecule has 2 N–H and O–H groups in total. The number of carboxylic acids is 2. The number of hydrogen-bond donors (Lipinski definition) is 2. The average molecular weight is 400 g/mol. The van der Waals surface area contributed by atoms with Crippen molar-refractivity contribution in [2.45, 2.75) is 0 Å². The fraction of sp³-hybridized carbons (Fsp3) is 0. The van der Waals surface area contributed by atoms with Crippen LogP contribution < -0.4 is 9.47 Å². The molecule has 6 nitrogen and oxygen atoms in total. The number of ether oxygens (including phenoxy) is 2. The third-order valence-corrected chi connectivity index (χ3v) is 4.47. The van der Waals surface area contributed by atoms with Crippen LogP contribution in [0, 0.1) is 0 Å². The minimum Gasteiger partial charge on any atom is -0.478 e. The Morgan fingerprint density at radius 3 is 1.27 bits per heavy atom. The summed E-state index contributed by atoms with van der Waals surface area (Å²) in [5, 5.41) is 20.0. The Kier molecular flexibility index (Phi) is 5.05. The number of aromatic carboxylic acids is 2. The highest BCUT2D eigenvalue weighted by molar-refractivity contribution is 5.88. The van der Waals surface area contributed by atoms with Crippen LogP contribution in [-0.4, -0.2) is 22.2 Å². The first-order valence-electron chi connectivity index (χ1n) is 9.05. The summed E-state index contributed by atoms with van der Waals surface area (Å²) >= 11 is 0. The van der Waals surface area contributed by atoms with E-state index in [1.54, 1.807) is 24.3 Å². The molecule has 0 heterocycles. The van der Waals surface area contributed by atoms with E-state index in [9.17, 15) is 9.59 Å². The fourth-order valence-electron chi connectivity index (χ4n) is 2.94. The first kappa shape index (κ1) is 19.0. The summed E-state index contributed by atoms with van der Waals surface area (Å²) in [5.74, 6) is -0.219. The molecule has 0 bridgehead atoms. The molecule has 6 heteroatoms. The Hall–Kier alpha value is -4.32. The second-order valence-electron chi connectivity index (χ2n) is 6.51. The molecule has 0 saturated heterocycles. The standard InChI is InChI=1S/C24H16O6/c25-23(26)15-5-9-19(10-6-15)29-21-13-17-3-1-2-4-18(17)14-22(21)30-20-11-7-16(8-12-20)24(27)28/h1-14H,(H,25,26)(H,27,28). The first-order chi connectivity index (χ1) is 14.5. The third kappa shape index (κ3) is 4.07. The number of rotatable bonds is 6. The zero-order valence-corrected chi connectivity index (χ0v) is 15.6. The highest BCUT2D eigenvalue weighted by atomic mass is 16.5. The van der Waals surface area contributed by atoms with E-state index in [0.29, 0.717) is 23.0 Å². The molecule has 4 aromatic carbocycles. The lowest BCUT2D eigenvalue weighted by Gasteiger charge is -2.14. The Morgan fingerprint density at radius 2 is 0.933 bits per heavy atom. The predicted octanol–water partition coefficient (Wildman–Crippen LogP) is 5.82. The summed E-state index contributed by atoms with van der Waals surface area (Å²) < 4.78 is 11.9. The van der Waals surface area contributed by atoms with Crippen molar-refractivity contribution in [3.8, 4) is 23.0 Å². The van der Waals surface area contributed by atoms with E-state index in [1.165, 1.54) is 24.3 Å². The van der Waals surface area contributed by atoms with Crippen LogP contribution in [0.1, 0.15) is 20.7 Å². The Labute approximate surface area is 171 Å². The van der Waals surface area contributed by atoms with Crippen molar-refractivity contribution in [1.29, 1.82) is 0 Å². The van der Waals surface area contributed by atoms with E-state index in [4.69, 9.17) is 19.7 Å². The monoisotopic (exact) mass is 400 g/mol. The molecule has 0 aliphatic heterocycles. The number of fused-ring (bicyclic) bond motifs is 1. The van der Waals surface area contributed by atoms with Crippen LogP contribution in [0.4, 0.5) is 0 Å². The van der Waals surface area contributed by atoms with Crippen molar-refractivity contribution >= 4 is 22.7 Å². The predicted molar refractivity (Wildman–Crippen MR) is 111 cm³/mol. The van der Waals surface area contributed by atoms with E-state index < -0.39 is 11.9 Å². The van der Waals surface area contributed by atoms with Crippen LogP contribution in [0.15, 0.2) is 84.9 Å². The fourth-order valence-corrected chi connectivity index (χ4v) is 2.94. The second-order valence-corrected chi connectivity index (χ2v) is 6.51. The Balaban J connectivity index is 1.69. The molecule has 4 rings (SSSR count). The van der Waals surface area contributed by atoms with Crippen molar-refractivity contribution in [2.75, 3.05) is 0 Å². The molecule has 0 radical (unpaired) electrons. The number of benzene rings is 4. The summed E-state index contributed by atoms with van der Waals surface area (Å²) in [6.45, 7) is 0. The van der Waals surface area contributed by atoms with Gasteiger partial charge >= 0.3 is 11.9 Å². The first-order valence-corrected chi connectivity index (χ1v) is 9.05. The quantitative estimate of drug-likeness (QED) is 0.424. The van der Waals surface area contributed by atoms with Gasteiger partial charge in [-0.2, -0.15) is 0 Å². The van der Waals surface area contributed by atoms with Crippen LogP contribution >= 0.6 is 0 Å². The molecule has 0 unspecified atom stereocenters. The van der Waals surface area contributed by atoms with Gasteiger partial charge in [0.25, 0.3) is 0 Å². The van der Waals surface area contributed by atoms with Gasteiger partial charge in [0, 0.05) is 0 Å². The molecule has 30 heavy (non-hydrogen) atoms. The van der Waals surface area contributed by atoms with Crippen molar-refractivity contribution < 1.29 is 29.3 Å². The largest absolute Gasteiger partial charge is 0.478 e. The smallest absolute Gasteiger partial charge is 0.335 e. The number of hydrogen-bond acceptors (Lipinski definition) is 4. The van der Waals surface area contributed by atoms with E-state index in [2.05, 4.69) is 0 Å². The minimum atomic E-state index is -1.01. The van der Waals surface area contributed by atoms with Gasteiger partial charge in [-0.15, -0.1) is 0 Å². The highest BCUT2D eigenvalue weighted by Gasteiger charge is 2.12. The molecule has 0 saturated carbocycles. The van der Waals surface area contributed by atoms with Crippen molar-refractivity contribution in [3.63, 3.8) is 0 Å². The van der Waals surface area contributed by atoms with Gasteiger partial charge in [0.05, 0.1) is 11.1 Å². The molecule has 0 amide bonds. The van der Waals surface area contributed by atoms with Crippen LogP contribution in [0.5, 0.6) is 23.0 Å². The Bertz CT molecular complexity index is 1130. The zero-order chi connectivity index (χ0) is 21.1. The number of carboxylic acid groups (broad SMARTS) is 2. The molecule has 0 aliphatic rings. The molecule has 4 aromatic rings. The van der Waals surface area contributed by atoms with Gasteiger partial charge in [0.15, 0.2) is 11.5 Å². The molecule has 148 valence electrons. The van der Waals surface area contributed by atoms with E-state index in [1.807, 2.05) is 36.4 Å². The Morgan fingerprint density at radius 1 is 0.567 bits per heavy atom. The molecule has 0 spiro atoms. The lowest BCUT2D eigenvalue weighted by atomic mass is 10.1. The normalized spacial score (nSPS) is 10.5. The number of carbonyl (C=O) groups is 2. The van der Waals surface area contributed by atoms with E-state index >= 15 is 0 Å². The van der Waals surface area contributed by atoms with Crippen LogP contribution in [0.2, 0.25) is 0 Å². The molecular weight excluding hydrogens is 384 g/mol. The molecule has 0 aliphatic carbocycles. The van der Waals surface area contributed by atoms with Gasteiger partial charge in [0.2, 0.25) is 0 Å². The lowest BCUT2D eigenvalue weighted by Crippen LogP contribution is -1.96. The van der Waals surface area contributed by atoms with Gasteiger partial charge in [0.1, 0.15) is 11.5 Å². The zero-order valence-electron chi connectivity index (χ0n) is 15.6. The van der Waals surface area contributed by atoms with Crippen molar-refractivity contribution in [2.24, 2.45) is 0 Å². The van der Waals surface area contributed by atoms with Gasteiger partial charge < -0.3 is 19.7 Å². The topological polar surface area (TPSA) is 93.1 Å². The minimum absolute atomic E-state index is 0.163. The van der Waals surface area contributed by atoms with Gasteiger partial charge in [-0.1, -0.05) is 24.3 Å². The maximum absolute atomic E-state index is 11.0. The highest BCUT2D eigenvalue weighted by Crippen LogP contribution is 2.38. The molecule has 0 atom stereocenters. The van der Waals surface area contributed by atoms with Gasteiger partial charge in [-0.3, -0.25) is 0 Å². The van der Waals surface area contributed by atoms with E-state index in [0.717, 1.165) is 10.8 Å². The average Bonchev–Trinajstić information content (AvgIpc) is 2.75. The molecular formula is C24H16O6. The van der Waals surface area contributed by atoms with Gasteiger partial charge in [-0.25, -0.2) is 9.59 Å². The SMILES string of the molecule is O=C(O)c1ccc(Oc2cc3ccccc3cc2Oc2ccc(C(=O)O)cc2)cc1.